The van der Waals surface area contributed by atoms with Crippen LogP contribution >= 0.6 is 24.0 Å². The maximum atomic E-state index is 11.9. The fourth-order valence-electron chi connectivity index (χ4n) is 2.98. The molecule has 2 rings (SSSR count). The molecule has 0 aromatic rings. The number of carbonyl (C=O) groups is 1. The van der Waals surface area contributed by atoms with Gasteiger partial charge < -0.3 is 25.4 Å². The van der Waals surface area contributed by atoms with E-state index in [0.29, 0.717) is 25.6 Å². The fraction of sp³-hybridized carbons (Fsp3) is 0.882. The van der Waals surface area contributed by atoms with Crippen molar-refractivity contribution in [3.05, 3.63) is 0 Å². The van der Waals surface area contributed by atoms with Gasteiger partial charge in [-0.3, -0.25) is 4.99 Å². The van der Waals surface area contributed by atoms with E-state index in [-0.39, 0.29) is 36.1 Å². The van der Waals surface area contributed by atoms with Gasteiger partial charge in [0.25, 0.3) is 0 Å². The van der Waals surface area contributed by atoms with Crippen molar-refractivity contribution in [2.45, 2.75) is 70.6 Å². The van der Waals surface area contributed by atoms with E-state index < -0.39 is 11.2 Å². The van der Waals surface area contributed by atoms with Crippen LogP contribution in [0.3, 0.4) is 0 Å². The van der Waals surface area contributed by atoms with Crippen molar-refractivity contribution in [2.24, 2.45) is 4.99 Å². The average Bonchev–Trinajstić information content (AvgIpc) is 2.84. The standard InChI is InChI=1S/C17H32N4O3.HI/c1-5-18-14(19-12-17(23)8-6-7-9-17)20-13-10-21(11-13)15(22)24-16(2,3)4;/h13,23H,5-12H2,1-4H3,(H2,18,19,20);1H. The smallest absolute Gasteiger partial charge is 0.410 e. The number of nitrogens with one attached hydrogen (secondary N) is 2. The van der Waals surface area contributed by atoms with Crippen LogP contribution in [0.2, 0.25) is 0 Å². The average molecular weight is 468 g/mol. The summed E-state index contributed by atoms with van der Waals surface area (Å²) in [5.41, 5.74) is -1.12. The van der Waals surface area contributed by atoms with E-state index in [4.69, 9.17) is 4.74 Å². The lowest BCUT2D eigenvalue weighted by Crippen LogP contribution is -2.63. The van der Waals surface area contributed by atoms with Gasteiger partial charge in [0, 0.05) is 19.6 Å². The summed E-state index contributed by atoms with van der Waals surface area (Å²) in [7, 11) is 0. The molecule has 1 saturated heterocycles. The minimum atomic E-state index is -0.648. The first-order chi connectivity index (χ1) is 11.2. The highest BCUT2D eigenvalue weighted by Gasteiger charge is 2.35. The molecule has 0 aromatic carbocycles. The van der Waals surface area contributed by atoms with Gasteiger partial charge in [0.05, 0.1) is 18.2 Å². The Morgan fingerprint density at radius 1 is 1.32 bits per heavy atom. The lowest BCUT2D eigenvalue weighted by atomic mass is 10.0. The Hall–Kier alpha value is -0.770. The summed E-state index contributed by atoms with van der Waals surface area (Å²) in [6.07, 6.45) is 3.52. The number of halogens is 1. The predicted molar refractivity (Wildman–Crippen MR) is 110 cm³/mol. The number of ether oxygens (including phenoxy) is 1. The summed E-state index contributed by atoms with van der Waals surface area (Å²) in [4.78, 5) is 18.1. The minimum Gasteiger partial charge on any atom is -0.444 e. The van der Waals surface area contributed by atoms with Crippen LogP contribution in [-0.4, -0.2) is 65.5 Å². The third-order valence-electron chi connectivity index (χ3n) is 4.28. The minimum absolute atomic E-state index is 0. The van der Waals surface area contributed by atoms with Crippen LogP contribution in [0.4, 0.5) is 4.79 Å². The molecule has 1 heterocycles. The van der Waals surface area contributed by atoms with Crippen molar-refractivity contribution in [3.8, 4) is 0 Å². The van der Waals surface area contributed by atoms with Gasteiger partial charge in [-0.15, -0.1) is 24.0 Å². The van der Waals surface area contributed by atoms with Crippen molar-refractivity contribution in [1.82, 2.24) is 15.5 Å². The Labute approximate surface area is 168 Å². The number of carbonyl (C=O) groups excluding carboxylic acids is 1. The fourth-order valence-corrected chi connectivity index (χ4v) is 2.98. The molecule has 0 spiro atoms. The molecular weight excluding hydrogens is 435 g/mol. The quantitative estimate of drug-likeness (QED) is 0.334. The van der Waals surface area contributed by atoms with Crippen molar-refractivity contribution in [1.29, 1.82) is 0 Å². The number of hydrogen-bond donors (Lipinski definition) is 3. The van der Waals surface area contributed by atoms with Gasteiger partial charge in [0.15, 0.2) is 5.96 Å². The van der Waals surface area contributed by atoms with E-state index in [9.17, 15) is 9.90 Å². The third kappa shape index (κ3) is 7.16. The van der Waals surface area contributed by atoms with Gasteiger partial charge in [-0.05, 0) is 40.5 Å². The highest BCUT2D eigenvalue weighted by atomic mass is 127. The highest BCUT2D eigenvalue weighted by Crippen LogP contribution is 2.29. The van der Waals surface area contributed by atoms with Crippen LogP contribution in [0.15, 0.2) is 4.99 Å². The van der Waals surface area contributed by atoms with E-state index >= 15 is 0 Å². The summed E-state index contributed by atoms with van der Waals surface area (Å²) < 4.78 is 5.35. The van der Waals surface area contributed by atoms with Gasteiger partial charge in [-0.1, -0.05) is 12.8 Å². The summed E-state index contributed by atoms with van der Waals surface area (Å²) in [6, 6.07) is 0.161. The van der Waals surface area contributed by atoms with E-state index in [1.165, 1.54) is 0 Å². The van der Waals surface area contributed by atoms with Gasteiger partial charge in [-0.25, -0.2) is 4.79 Å². The second kappa shape index (κ2) is 9.25. The van der Waals surface area contributed by atoms with Crippen molar-refractivity contribution in [3.63, 3.8) is 0 Å². The third-order valence-corrected chi connectivity index (χ3v) is 4.28. The summed E-state index contributed by atoms with van der Waals surface area (Å²) in [5, 5.41) is 16.9. The first-order valence-corrected chi connectivity index (χ1v) is 8.96. The second-order valence-corrected chi connectivity index (χ2v) is 7.85. The van der Waals surface area contributed by atoms with Crippen LogP contribution < -0.4 is 10.6 Å². The van der Waals surface area contributed by atoms with Crippen molar-refractivity contribution >= 4 is 36.0 Å². The summed E-state index contributed by atoms with van der Waals surface area (Å²) in [6.45, 7) is 9.98. The molecule has 2 aliphatic rings. The van der Waals surface area contributed by atoms with Crippen molar-refractivity contribution < 1.29 is 14.6 Å². The lowest BCUT2D eigenvalue weighted by Gasteiger charge is -2.40. The molecule has 1 aliphatic heterocycles. The topological polar surface area (TPSA) is 86.2 Å². The number of amides is 1. The molecule has 1 amide bonds. The van der Waals surface area contributed by atoms with E-state index in [1.807, 2.05) is 27.7 Å². The van der Waals surface area contributed by atoms with Gasteiger partial charge in [0.1, 0.15) is 5.60 Å². The van der Waals surface area contributed by atoms with E-state index in [0.717, 1.165) is 32.2 Å². The first-order valence-electron chi connectivity index (χ1n) is 8.96. The predicted octanol–water partition coefficient (Wildman–Crippen LogP) is 2.08. The number of guanidine groups is 1. The van der Waals surface area contributed by atoms with Crippen LogP contribution in [0, 0.1) is 0 Å². The number of nitrogens with zero attached hydrogens (tertiary/aromatic N) is 2. The summed E-state index contributed by atoms with van der Waals surface area (Å²) >= 11 is 0. The lowest BCUT2D eigenvalue weighted by molar-refractivity contribution is 0.00700. The van der Waals surface area contributed by atoms with Crippen LogP contribution in [-0.2, 0) is 4.74 Å². The zero-order valence-electron chi connectivity index (χ0n) is 15.8. The maximum absolute atomic E-state index is 11.9. The molecule has 8 heteroatoms. The monoisotopic (exact) mass is 468 g/mol. The molecule has 25 heavy (non-hydrogen) atoms. The highest BCUT2D eigenvalue weighted by molar-refractivity contribution is 14.0. The molecule has 2 fully saturated rings. The summed E-state index contributed by atoms with van der Waals surface area (Å²) in [5.74, 6) is 0.701. The normalized spacial score (nSPS) is 20.5. The van der Waals surface area contributed by atoms with Crippen LogP contribution in [0.5, 0.6) is 0 Å². The maximum Gasteiger partial charge on any atom is 0.410 e. The number of rotatable bonds is 4. The number of aliphatic hydroxyl groups is 1. The molecule has 7 nitrogen and oxygen atoms in total. The molecule has 0 aromatic heterocycles. The van der Waals surface area contributed by atoms with Crippen molar-refractivity contribution in [2.75, 3.05) is 26.2 Å². The molecule has 0 bridgehead atoms. The molecule has 3 N–H and O–H groups in total. The molecule has 146 valence electrons. The zero-order chi connectivity index (χ0) is 17.8. The van der Waals surface area contributed by atoms with E-state index in [2.05, 4.69) is 15.6 Å². The molecule has 0 unspecified atom stereocenters. The molecular formula is C17H33IN4O3. The second-order valence-electron chi connectivity index (χ2n) is 7.85. The molecule has 0 radical (unpaired) electrons. The molecule has 0 atom stereocenters. The van der Waals surface area contributed by atoms with E-state index in [1.54, 1.807) is 4.90 Å². The number of aliphatic imine (C=N–C) groups is 1. The van der Waals surface area contributed by atoms with Gasteiger partial charge >= 0.3 is 6.09 Å². The Bertz CT molecular complexity index is 467. The largest absolute Gasteiger partial charge is 0.444 e. The Kier molecular flexibility index (Phi) is 8.24. The Morgan fingerprint density at radius 2 is 1.92 bits per heavy atom. The SMILES string of the molecule is CCNC(=NCC1(O)CCCC1)NC1CN(C(=O)OC(C)(C)C)C1.I. The Morgan fingerprint density at radius 3 is 2.44 bits per heavy atom. The zero-order valence-corrected chi connectivity index (χ0v) is 18.1. The molecule has 1 aliphatic carbocycles. The van der Waals surface area contributed by atoms with Crippen LogP contribution in [0.25, 0.3) is 0 Å². The van der Waals surface area contributed by atoms with Gasteiger partial charge in [0.2, 0.25) is 0 Å². The first kappa shape index (κ1) is 22.3. The number of hydrogen-bond acceptors (Lipinski definition) is 4. The van der Waals surface area contributed by atoms with Gasteiger partial charge in [-0.2, -0.15) is 0 Å². The van der Waals surface area contributed by atoms with Crippen LogP contribution in [0.1, 0.15) is 53.4 Å². The molecule has 1 saturated carbocycles. The number of likely N-dealkylation sites (tertiary alicyclic amines) is 1. The Balaban J connectivity index is 0.00000312.